The summed E-state index contributed by atoms with van der Waals surface area (Å²) in [5.74, 6) is 0.836. The van der Waals surface area contributed by atoms with Crippen molar-refractivity contribution in [3.05, 3.63) is 53.9 Å². The van der Waals surface area contributed by atoms with Crippen LogP contribution in [0.4, 0.5) is 10.5 Å². The number of carbonyl (C=O) groups is 1. The first-order chi connectivity index (χ1) is 13.5. The van der Waals surface area contributed by atoms with Gasteiger partial charge in [-0.05, 0) is 41.5 Å². The van der Waals surface area contributed by atoms with E-state index < -0.39 is 0 Å². The van der Waals surface area contributed by atoms with Crippen LogP contribution in [0.5, 0.6) is 5.75 Å². The normalized spacial score (nSPS) is 17.0. The first-order valence-corrected chi connectivity index (χ1v) is 9.29. The lowest BCUT2D eigenvalue weighted by atomic mass is 10.0. The predicted molar refractivity (Wildman–Crippen MR) is 108 cm³/mol. The van der Waals surface area contributed by atoms with Gasteiger partial charge in [0.1, 0.15) is 11.9 Å². The van der Waals surface area contributed by atoms with E-state index in [-0.39, 0.29) is 12.1 Å². The summed E-state index contributed by atoms with van der Waals surface area (Å²) in [6.45, 7) is 3.50. The summed E-state index contributed by atoms with van der Waals surface area (Å²) in [7, 11) is 3.52. The minimum atomic E-state index is -0.152. The number of hydrogen-bond acceptors (Lipinski definition) is 4. The topological polar surface area (TPSA) is 68.6 Å². The van der Waals surface area contributed by atoms with Crippen LogP contribution in [0.15, 0.2) is 42.6 Å². The quantitative estimate of drug-likeness (QED) is 0.755. The largest absolute Gasteiger partial charge is 0.497 e. The number of amides is 2. The molecule has 1 atom stereocenters. The summed E-state index contributed by atoms with van der Waals surface area (Å²) in [4.78, 5) is 14.5. The Balaban J connectivity index is 1.49. The van der Waals surface area contributed by atoms with Crippen LogP contribution in [0, 0.1) is 6.92 Å². The average Bonchev–Trinajstić information content (AvgIpc) is 3.05. The van der Waals surface area contributed by atoms with E-state index in [0.717, 1.165) is 33.5 Å². The first-order valence-electron chi connectivity index (χ1n) is 9.29. The van der Waals surface area contributed by atoms with Crippen LogP contribution in [0.1, 0.15) is 17.4 Å². The Morgan fingerprint density at radius 1 is 1.25 bits per heavy atom. The number of aryl methyl sites for hydroxylation is 1. The molecule has 3 aromatic rings. The van der Waals surface area contributed by atoms with Gasteiger partial charge in [-0.1, -0.05) is 18.2 Å². The molecule has 7 nitrogen and oxygen atoms in total. The molecule has 0 unspecified atom stereocenters. The lowest BCUT2D eigenvalue weighted by Crippen LogP contribution is -2.44. The molecule has 1 saturated heterocycles. The molecule has 4 rings (SSSR count). The van der Waals surface area contributed by atoms with Crippen molar-refractivity contribution in [1.29, 1.82) is 0 Å². The molecule has 0 saturated carbocycles. The number of methoxy groups -OCH3 is 1. The summed E-state index contributed by atoms with van der Waals surface area (Å²) in [5, 5.41) is 9.35. The molecule has 146 valence electrons. The zero-order valence-corrected chi connectivity index (χ0v) is 16.3. The van der Waals surface area contributed by atoms with Gasteiger partial charge in [0.2, 0.25) is 0 Å². The lowest BCUT2D eigenvalue weighted by Gasteiger charge is -2.33. The van der Waals surface area contributed by atoms with E-state index in [0.29, 0.717) is 19.7 Å². The molecule has 0 radical (unpaired) electrons. The number of urea groups is 1. The molecule has 28 heavy (non-hydrogen) atoms. The molecule has 1 aliphatic rings. The number of ether oxygens (including phenoxy) is 2. The van der Waals surface area contributed by atoms with Gasteiger partial charge in [-0.2, -0.15) is 5.10 Å². The van der Waals surface area contributed by atoms with Gasteiger partial charge in [-0.15, -0.1) is 0 Å². The lowest BCUT2D eigenvalue weighted by molar-refractivity contribution is -0.0134. The van der Waals surface area contributed by atoms with E-state index in [9.17, 15) is 4.79 Å². The molecule has 1 aromatic heterocycles. The Kier molecular flexibility index (Phi) is 4.92. The first kappa shape index (κ1) is 18.3. The molecule has 0 spiro atoms. The van der Waals surface area contributed by atoms with Gasteiger partial charge < -0.3 is 19.7 Å². The number of nitrogens with zero attached hydrogens (tertiary/aromatic N) is 3. The zero-order valence-electron chi connectivity index (χ0n) is 16.3. The van der Waals surface area contributed by atoms with Gasteiger partial charge in [-0.25, -0.2) is 4.79 Å². The Morgan fingerprint density at radius 2 is 2.04 bits per heavy atom. The molecule has 2 amide bonds. The second-order valence-corrected chi connectivity index (χ2v) is 6.98. The van der Waals surface area contributed by atoms with Gasteiger partial charge in [0.25, 0.3) is 0 Å². The summed E-state index contributed by atoms with van der Waals surface area (Å²) in [5.41, 5.74) is 2.71. The van der Waals surface area contributed by atoms with Crippen molar-refractivity contribution in [2.24, 2.45) is 7.05 Å². The smallest absolute Gasteiger partial charge is 0.322 e. The minimum Gasteiger partial charge on any atom is -0.497 e. The Morgan fingerprint density at radius 3 is 2.79 bits per heavy atom. The fourth-order valence-corrected chi connectivity index (χ4v) is 3.42. The second-order valence-electron chi connectivity index (χ2n) is 6.98. The van der Waals surface area contributed by atoms with E-state index in [1.54, 1.807) is 22.9 Å². The standard InChI is InChI=1S/C21H24N4O3/c1-14-19(12-22-24(14)2)23-21(26)25-8-9-28-20(13-25)17-5-4-16-11-18(27-3)7-6-15(16)10-17/h4-7,10-12,20H,8-9,13H2,1-3H3,(H,23,26)/t20-/m0/s1. The van der Waals surface area contributed by atoms with E-state index >= 15 is 0 Å². The molecule has 1 aliphatic heterocycles. The molecule has 2 aromatic carbocycles. The molecular formula is C21H24N4O3. The molecule has 2 heterocycles. The minimum absolute atomic E-state index is 0.130. The summed E-state index contributed by atoms with van der Waals surface area (Å²) in [6.07, 6.45) is 1.52. The fraction of sp³-hybridized carbons (Fsp3) is 0.333. The van der Waals surface area contributed by atoms with Crippen molar-refractivity contribution in [3.63, 3.8) is 0 Å². The monoisotopic (exact) mass is 380 g/mol. The number of fused-ring (bicyclic) bond motifs is 1. The third-order valence-corrected chi connectivity index (χ3v) is 5.27. The fourth-order valence-electron chi connectivity index (χ4n) is 3.42. The Bertz CT molecular complexity index is 1010. The number of anilines is 1. The van der Waals surface area contributed by atoms with Gasteiger partial charge in [0, 0.05) is 13.6 Å². The molecule has 7 heteroatoms. The second kappa shape index (κ2) is 7.52. The SMILES string of the molecule is COc1ccc2cc([C@@H]3CN(C(=O)Nc4cnn(C)c4C)CCO3)ccc2c1. The highest BCUT2D eigenvalue weighted by Gasteiger charge is 2.26. The van der Waals surface area contributed by atoms with Gasteiger partial charge in [0.05, 0.1) is 37.8 Å². The molecular weight excluding hydrogens is 356 g/mol. The van der Waals surface area contributed by atoms with Crippen LogP contribution in [0.25, 0.3) is 10.8 Å². The summed E-state index contributed by atoms with van der Waals surface area (Å²) in [6, 6.07) is 12.1. The highest BCUT2D eigenvalue weighted by molar-refractivity contribution is 5.90. The number of morpholine rings is 1. The number of hydrogen-bond donors (Lipinski definition) is 1. The summed E-state index contributed by atoms with van der Waals surface area (Å²) >= 11 is 0. The van der Waals surface area contributed by atoms with Gasteiger partial charge in [-0.3, -0.25) is 4.68 Å². The molecule has 0 aliphatic carbocycles. The Labute approximate surface area is 163 Å². The predicted octanol–water partition coefficient (Wildman–Crippen LogP) is 3.50. The third kappa shape index (κ3) is 3.53. The maximum atomic E-state index is 12.7. The number of rotatable bonds is 3. The number of benzene rings is 2. The zero-order chi connectivity index (χ0) is 19.7. The van der Waals surface area contributed by atoms with Crippen LogP contribution < -0.4 is 10.1 Å². The van der Waals surface area contributed by atoms with Crippen LogP contribution in [0.3, 0.4) is 0 Å². The van der Waals surface area contributed by atoms with Crippen LogP contribution >= 0.6 is 0 Å². The van der Waals surface area contributed by atoms with E-state index in [2.05, 4.69) is 28.6 Å². The number of carbonyl (C=O) groups excluding carboxylic acids is 1. The van der Waals surface area contributed by atoms with Crippen molar-refractivity contribution in [2.45, 2.75) is 13.0 Å². The van der Waals surface area contributed by atoms with Crippen LogP contribution in [-0.4, -0.2) is 47.5 Å². The van der Waals surface area contributed by atoms with Gasteiger partial charge >= 0.3 is 6.03 Å². The van der Waals surface area contributed by atoms with Gasteiger partial charge in [0.15, 0.2) is 0 Å². The summed E-state index contributed by atoms with van der Waals surface area (Å²) < 4.78 is 13.0. The van der Waals surface area contributed by atoms with Crippen molar-refractivity contribution < 1.29 is 14.3 Å². The number of nitrogens with one attached hydrogen (secondary N) is 1. The maximum Gasteiger partial charge on any atom is 0.322 e. The van der Waals surface area contributed by atoms with Crippen molar-refractivity contribution in [2.75, 3.05) is 32.1 Å². The van der Waals surface area contributed by atoms with E-state index in [1.807, 2.05) is 32.2 Å². The van der Waals surface area contributed by atoms with Crippen molar-refractivity contribution in [3.8, 4) is 5.75 Å². The third-order valence-electron chi connectivity index (χ3n) is 5.27. The van der Waals surface area contributed by atoms with E-state index in [1.165, 1.54) is 0 Å². The average molecular weight is 380 g/mol. The van der Waals surface area contributed by atoms with Crippen molar-refractivity contribution in [1.82, 2.24) is 14.7 Å². The highest BCUT2D eigenvalue weighted by Crippen LogP contribution is 2.28. The molecule has 1 N–H and O–H groups in total. The Hall–Kier alpha value is -3.06. The molecule has 1 fully saturated rings. The maximum absolute atomic E-state index is 12.7. The van der Waals surface area contributed by atoms with E-state index in [4.69, 9.17) is 9.47 Å². The highest BCUT2D eigenvalue weighted by atomic mass is 16.5. The van der Waals surface area contributed by atoms with Crippen molar-refractivity contribution >= 4 is 22.5 Å². The number of aromatic nitrogens is 2. The molecule has 0 bridgehead atoms. The van der Waals surface area contributed by atoms with Crippen LogP contribution in [-0.2, 0) is 11.8 Å². The van der Waals surface area contributed by atoms with Crippen LogP contribution in [0.2, 0.25) is 0 Å².